The number of rotatable bonds is 8. The van der Waals surface area contributed by atoms with Crippen LogP contribution in [0.2, 0.25) is 5.02 Å². The molecule has 0 saturated heterocycles. The molecule has 0 aromatic heterocycles. The fourth-order valence-corrected chi connectivity index (χ4v) is 3.44. The van der Waals surface area contributed by atoms with Gasteiger partial charge >= 0.3 is 0 Å². The van der Waals surface area contributed by atoms with Gasteiger partial charge in [-0.25, -0.2) is 0 Å². The van der Waals surface area contributed by atoms with Gasteiger partial charge < -0.3 is 10.1 Å². The molecule has 2 aromatic carbocycles. The van der Waals surface area contributed by atoms with E-state index in [0.29, 0.717) is 18.9 Å². The molecule has 0 aliphatic rings. The van der Waals surface area contributed by atoms with Gasteiger partial charge in [0, 0.05) is 10.8 Å². The van der Waals surface area contributed by atoms with Gasteiger partial charge in [0.2, 0.25) is 5.91 Å². The van der Waals surface area contributed by atoms with Crippen molar-refractivity contribution in [3.05, 3.63) is 64.2 Å². The van der Waals surface area contributed by atoms with Crippen LogP contribution in [0.15, 0.2) is 42.5 Å². The van der Waals surface area contributed by atoms with Crippen LogP contribution in [0.5, 0.6) is 5.75 Å². The van der Waals surface area contributed by atoms with Crippen LogP contribution in [0, 0.1) is 13.8 Å². The molecule has 0 atom stereocenters. The van der Waals surface area contributed by atoms with Crippen LogP contribution in [-0.2, 0) is 10.5 Å². The number of ether oxygens (including phenoxy) is 1. The van der Waals surface area contributed by atoms with Gasteiger partial charge in [-0.05, 0) is 48.7 Å². The second kappa shape index (κ2) is 9.60. The summed E-state index contributed by atoms with van der Waals surface area (Å²) >= 11 is 7.64. The number of carbonyl (C=O) groups excluding carboxylic acids is 1. The van der Waals surface area contributed by atoms with E-state index in [1.54, 1.807) is 11.8 Å². The molecule has 0 radical (unpaired) electrons. The smallest absolute Gasteiger partial charge is 0.230 e. The van der Waals surface area contributed by atoms with Crippen LogP contribution < -0.4 is 10.1 Å². The van der Waals surface area contributed by atoms with E-state index in [9.17, 15) is 4.79 Å². The van der Waals surface area contributed by atoms with Gasteiger partial charge in [0.25, 0.3) is 0 Å². The molecular formula is C19H22ClNO2S. The molecule has 2 rings (SSSR count). The van der Waals surface area contributed by atoms with Crippen LogP contribution >= 0.6 is 23.4 Å². The van der Waals surface area contributed by atoms with E-state index >= 15 is 0 Å². The fraction of sp³-hybridized carbons (Fsp3) is 0.316. The van der Waals surface area contributed by atoms with E-state index in [0.717, 1.165) is 22.1 Å². The molecule has 24 heavy (non-hydrogen) atoms. The monoisotopic (exact) mass is 363 g/mol. The fourth-order valence-electron chi connectivity index (χ4n) is 2.30. The van der Waals surface area contributed by atoms with Crippen LogP contribution in [-0.4, -0.2) is 24.8 Å². The second-order valence-corrected chi connectivity index (χ2v) is 7.00. The molecule has 0 saturated carbocycles. The zero-order valence-electron chi connectivity index (χ0n) is 14.0. The summed E-state index contributed by atoms with van der Waals surface area (Å²) < 4.78 is 5.67. The first-order valence-electron chi connectivity index (χ1n) is 7.83. The lowest BCUT2D eigenvalue weighted by molar-refractivity contribution is -0.118. The average molecular weight is 364 g/mol. The molecule has 2 aromatic rings. The number of nitrogens with one attached hydrogen (secondary N) is 1. The first kappa shape index (κ1) is 18.7. The third-order valence-electron chi connectivity index (χ3n) is 3.34. The molecular weight excluding hydrogens is 342 g/mol. The lowest BCUT2D eigenvalue weighted by Gasteiger charge is -2.09. The Labute approximate surface area is 152 Å². The predicted octanol–water partition coefficient (Wildman–Crippen LogP) is 4.39. The zero-order valence-corrected chi connectivity index (χ0v) is 15.5. The highest BCUT2D eigenvalue weighted by Crippen LogP contribution is 2.20. The highest BCUT2D eigenvalue weighted by molar-refractivity contribution is 7.99. The number of amides is 1. The summed E-state index contributed by atoms with van der Waals surface area (Å²) in [6.45, 7) is 5.04. The minimum absolute atomic E-state index is 0.0103. The van der Waals surface area contributed by atoms with Crippen molar-refractivity contribution in [2.24, 2.45) is 0 Å². The maximum atomic E-state index is 11.8. The SMILES string of the molecule is Cc1cc(C)cc(OCCNC(=O)CSCc2ccccc2Cl)c1. The summed E-state index contributed by atoms with van der Waals surface area (Å²) in [5.74, 6) is 1.99. The number of aryl methyl sites for hydroxylation is 2. The third kappa shape index (κ3) is 6.46. The summed E-state index contributed by atoms with van der Waals surface area (Å²) in [6, 6.07) is 13.8. The maximum absolute atomic E-state index is 11.8. The number of halogens is 1. The molecule has 0 aliphatic heterocycles. The largest absolute Gasteiger partial charge is 0.492 e. The summed E-state index contributed by atoms with van der Waals surface area (Å²) in [6.07, 6.45) is 0. The molecule has 0 spiro atoms. The molecule has 3 nitrogen and oxygen atoms in total. The van der Waals surface area contributed by atoms with Gasteiger partial charge in [0.1, 0.15) is 12.4 Å². The lowest BCUT2D eigenvalue weighted by atomic mass is 10.1. The first-order valence-corrected chi connectivity index (χ1v) is 9.37. The first-order chi connectivity index (χ1) is 11.5. The van der Waals surface area contributed by atoms with Crippen molar-refractivity contribution in [2.75, 3.05) is 18.9 Å². The lowest BCUT2D eigenvalue weighted by Crippen LogP contribution is -2.29. The highest BCUT2D eigenvalue weighted by Gasteiger charge is 2.04. The number of hydrogen-bond acceptors (Lipinski definition) is 3. The number of thioether (sulfide) groups is 1. The van der Waals surface area contributed by atoms with E-state index in [-0.39, 0.29) is 5.91 Å². The van der Waals surface area contributed by atoms with Gasteiger partial charge in [-0.15, -0.1) is 11.8 Å². The Morgan fingerprint density at radius 2 is 1.88 bits per heavy atom. The van der Waals surface area contributed by atoms with E-state index in [1.165, 1.54) is 11.1 Å². The summed E-state index contributed by atoms with van der Waals surface area (Å²) in [4.78, 5) is 11.8. The molecule has 1 N–H and O–H groups in total. The van der Waals surface area contributed by atoms with Crippen molar-refractivity contribution in [2.45, 2.75) is 19.6 Å². The van der Waals surface area contributed by atoms with Crippen molar-refractivity contribution in [1.29, 1.82) is 0 Å². The van der Waals surface area contributed by atoms with Crippen molar-refractivity contribution in [1.82, 2.24) is 5.32 Å². The van der Waals surface area contributed by atoms with E-state index in [2.05, 4.69) is 11.4 Å². The molecule has 5 heteroatoms. The molecule has 1 amide bonds. The summed E-state index contributed by atoms with van der Waals surface area (Å²) in [5.41, 5.74) is 3.39. The summed E-state index contributed by atoms with van der Waals surface area (Å²) in [5, 5.41) is 3.61. The predicted molar refractivity (Wildman–Crippen MR) is 102 cm³/mol. The van der Waals surface area contributed by atoms with Crippen molar-refractivity contribution >= 4 is 29.3 Å². The second-order valence-electron chi connectivity index (χ2n) is 5.61. The zero-order chi connectivity index (χ0) is 17.4. The minimum Gasteiger partial charge on any atom is -0.492 e. The topological polar surface area (TPSA) is 38.3 Å². The molecule has 0 unspecified atom stereocenters. The number of carbonyl (C=O) groups is 1. The minimum atomic E-state index is 0.0103. The quantitative estimate of drug-likeness (QED) is 0.707. The Hall–Kier alpha value is -1.65. The van der Waals surface area contributed by atoms with E-state index < -0.39 is 0 Å². The molecule has 0 heterocycles. The molecule has 128 valence electrons. The Morgan fingerprint density at radius 3 is 2.58 bits per heavy atom. The third-order valence-corrected chi connectivity index (χ3v) is 4.69. The number of hydrogen-bond donors (Lipinski definition) is 1. The van der Waals surface area contributed by atoms with Gasteiger partial charge in [-0.3, -0.25) is 4.79 Å². The highest BCUT2D eigenvalue weighted by atomic mass is 35.5. The Kier molecular flexibility index (Phi) is 7.47. The van der Waals surface area contributed by atoms with Crippen LogP contribution in [0.4, 0.5) is 0 Å². The average Bonchev–Trinajstić information content (AvgIpc) is 2.52. The van der Waals surface area contributed by atoms with E-state index in [1.807, 2.05) is 50.2 Å². The normalized spacial score (nSPS) is 10.5. The van der Waals surface area contributed by atoms with Crippen LogP contribution in [0.3, 0.4) is 0 Å². The Morgan fingerprint density at radius 1 is 1.17 bits per heavy atom. The Bertz CT molecular complexity index is 671. The van der Waals surface area contributed by atoms with E-state index in [4.69, 9.17) is 16.3 Å². The van der Waals surface area contributed by atoms with Crippen LogP contribution in [0.1, 0.15) is 16.7 Å². The molecule has 0 fully saturated rings. The van der Waals surface area contributed by atoms with Crippen molar-refractivity contribution in [3.63, 3.8) is 0 Å². The van der Waals surface area contributed by atoms with Gasteiger partial charge in [-0.1, -0.05) is 35.9 Å². The van der Waals surface area contributed by atoms with Gasteiger partial charge in [0.05, 0.1) is 12.3 Å². The standard InChI is InChI=1S/C19H22ClNO2S/c1-14-9-15(2)11-17(10-14)23-8-7-21-19(22)13-24-12-16-5-3-4-6-18(16)20/h3-6,9-11H,7-8,12-13H2,1-2H3,(H,21,22). The van der Waals surface area contributed by atoms with Crippen LogP contribution in [0.25, 0.3) is 0 Å². The Balaban J connectivity index is 1.62. The molecule has 0 aliphatic carbocycles. The maximum Gasteiger partial charge on any atom is 0.230 e. The van der Waals surface area contributed by atoms with Gasteiger partial charge in [0.15, 0.2) is 0 Å². The van der Waals surface area contributed by atoms with Gasteiger partial charge in [-0.2, -0.15) is 0 Å². The van der Waals surface area contributed by atoms with Crippen molar-refractivity contribution in [3.8, 4) is 5.75 Å². The van der Waals surface area contributed by atoms with Crippen molar-refractivity contribution < 1.29 is 9.53 Å². The number of benzene rings is 2. The summed E-state index contributed by atoms with van der Waals surface area (Å²) in [7, 11) is 0. The molecule has 0 bridgehead atoms.